The van der Waals surface area contributed by atoms with Crippen molar-refractivity contribution in [3.8, 4) is 5.75 Å². The van der Waals surface area contributed by atoms with Crippen molar-refractivity contribution in [1.29, 1.82) is 0 Å². The van der Waals surface area contributed by atoms with Crippen LogP contribution in [-0.4, -0.2) is 17.2 Å². The maximum Gasteiger partial charge on any atom is 0.122 e. The first-order chi connectivity index (χ1) is 9.43. The van der Waals surface area contributed by atoms with E-state index in [1.807, 2.05) is 32.0 Å². The number of halogens is 2. The van der Waals surface area contributed by atoms with Gasteiger partial charge in [0.05, 0.1) is 12.8 Å². The molecule has 0 aliphatic carbocycles. The number of hydrogen-bond acceptors (Lipinski definition) is 3. The molecule has 2 aromatic rings. The maximum absolute atomic E-state index is 10.6. The zero-order chi connectivity index (χ0) is 14.9. The summed E-state index contributed by atoms with van der Waals surface area (Å²) in [4.78, 5) is 4.29. The summed E-state index contributed by atoms with van der Waals surface area (Å²) in [6, 6.07) is 5.74. The van der Waals surface area contributed by atoms with E-state index in [-0.39, 0.29) is 0 Å². The molecule has 1 aromatic carbocycles. The Bertz CT molecular complexity index is 644. The Morgan fingerprint density at radius 1 is 1.15 bits per heavy atom. The summed E-state index contributed by atoms with van der Waals surface area (Å²) in [6.45, 7) is 3.91. The number of pyridine rings is 1. The van der Waals surface area contributed by atoms with Crippen LogP contribution in [0.5, 0.6) is 5.75 Å². The van der Waals surface area contributed by atoms with Gasteiger partial charge >= 0.3 is 0 Å². The SMILES string of the molecule is COc1cc(C)c(C(O)c2ncc(Br)cc2Br)cc1C. The fraction of sp³-hybridized carbons (Fsp3) is 0.267. The van der Waals surface area contributed by atoms with Crippen LogP contribution in [0, 0.1) is 13.8 Å². The number of benzene rings is 1. The summed E-state index contributed by atoms with van der Waals surface area (Å²) in [5.41, 5.74) is 3.39. The van der Waals surface area contributed by atoms with Crippen molar-refractivity contribution in [3.63, 3.8) is 0 Å². The van der Waals surface area contributed by atoms with Gasteiger partial charge in [-0.15, -0.1) is 0 Å². The summed E-state index contributed by atoms with van der Waals surface area (Å²) < 4.78 is 6.93. The lowest BCUT2D eigenvalue weighted by Gasteiger charge is -2.17. The minimum atomic E-state index is -0.776. The summed E-state index contributed by atoms with van der Waals surface area (Å²) in [5, 5.41) is 10.6. The Hall–Kier alpha value is -0.910. The van der Waals surface area contributed by atoms with Crippen LogP contribution >= 0.6 is 31.9 Å². The maximum atomic E-state index is 10.6. The molecule has 5 heteroatoms. The number of aromatic nitrogens is 1. The van der Waals surface area contributed by atoms with Crippen LogP contribution in [0.4, 0.5) is 0 Å². The molecule has 1 heterocycles. The molecular formula is C15H15Br2NO2. The fourth-order valence-corrected chi connectivity index (χ4v) is 3.30. The van der Waals surface area contributed by atoms with Crippen molar-refractivity contribution < 1.29 is 9.84 Å². The van der Waals surface area contributed by atoms with Gasteiger partial charge in [-0.1, -0.05) is 0 Å². The minimum absolute atomic E-state index is 0.598. The van der Waals surface area contributed by atoms with E-state index in [4.69, 9.17) is 4.74 Å². The third-order valence-electron chi connectivity index (χ3n) is 3.17. The van der Waals surface area contributed by atoms with Gasteiger partial charge in [0.15, 0.2) is 0 Å². The van der Waals surface area contributed by atoms with E-state index in [0.29, 0.717) is 5.69 Å². The van der Waals surface area contributed by atoms with Crippen LogP contribution in [0.2, 0.25) is 0 Å². The molecule has 0 fully saturated rings. The topological polar surface area (TPSA) is 42.4 Å². The molecule has 106 valence electrons. The van der Waals surface area contributed by atoms with Crippen LogP contribution in [0.15, 0.2) is 33.3 Å². The highest BCUT2D eigenvalue weighted by Gasteiger charge is 2.19. The Kier molecular flexibility index (Phi) is 4.83. The van der Waals surface area contributed by atoms with Crippen LogP contribution in [-0.2, 0) is 0 Å². The van der Waals surface area contributed by atoms with Gasteiger partial charge in [0.1, 0.15) is 11.9 Å². The first kappa shape index (κ1) is 15.5. The molecule has 1 unspecified atom stereocenters. The van der Waals surface area contributed by atoms with E-state index < -0.39 is 6.10 Å². The van der Waals surface area contributed by atoms with E-state index in [9.17, 15) is 5.11 Å². The third-order valence-corrected chi connectivity index (χ3v) is 4.24. The van der Waals surface area contributed by atoms with Gasteiger partial charge in [-0.2, -0.15) is 0 Å². The Labute approximate surface area is 135 Å². The van der Waals surface area contributed by atoms with Gasteiger partial charge in [-0.25, -0.2) is 0 Å². The number of nitrogens with zero attached hydrogens (tertiary/aromatic N) is 1. The summed E-state index contributed by atoms with van der Waals surface area (Å²) >= 11 is 6.79. The molecule has 0 saturated carbocycles. The van der Waals surface area contributed by atoms with E-state index >= 15 is 0 Å². The number of hydrogen-bond donors (Lipinski definition) is 1. The standard InChI is InChI=1S/C15H15Br2NO2/c1-8-5-13(20-3)9(2)4-11(8)15(19)14-12(17)6-10(16)7-18-14/h4-7,15,19H,1-3H3. The molecule has 0 aliphatic rings. The van der Waals surface area contributed by atoms with Gasteiger partial charge in [0, 0.05) is 15.1 Å². The fourth-order valence-electron chi connectivity index (χ4n) is 2.10. The lowest BCUT2D eigenvalue weighted by Crippen LogP contribution is -2.06. The predicted octanol–water partition coefficient (Wildman–Crippen LogP) is 4.31. The van der Waals surface area contributed by atoms with Crippen molar-refractivity contribution in [2.75, 3.05) is 7.11 Å². The third kappa shape index (κ3) is 3.05. The largest absolute Gasteiger partial charge is 0.496 e. The molecular weight excluding hydrogens is 386 g/mol. The molecule has 3 nitrogen and oxygen atoms in total. The Morgan fingerprint density at radius 2 is 1.85 bits per heavy atom. The Balaban J connectivity index is 2.48. The second-order valence-corrected chi connectivity index (χ2v) is 6.37. The quantitative estimate of drug-likeness (QED) is 0.834. The number of aryl methyl sites for hydroxylation is 2. The van der Waals surface area contributed by atoms with Crippen LogP contribution in [0.3, 0.4) is 0 Å². The summed E-state index contributed by atoms with van der Waals surface area (Å²) in [7, 11) is 1.64. The molecule has 0 saturated heterocycles. The van der Waals surface area contributed by atoms with Gasteiger partial charge in [0.25, 0.3) is 0 Å². The second-order valence-electron chi connectivity index (χ2n) is 4.60. The number of rotatable bonds is 3. The lowest BCUT2D eigenvalue weighted by atomic mass is 9.98. The van der Waals surface area contributed by atoms with E-state index in [1.54, 1.807) is 13.3 Å². The van der Waals surface area contributed by atoms with Crippen molar-refractivity contribution in [2.24, 2.45) is 0 Å². The average molecular weight is 401 g/mol. The molecule has 2 rings (SSSR count). The highest BCUT2D eigenvalue weighted by molar-refractivity contribution is 9.11. The smallest absolute Gasteiger partial charge is 0.122 e. The molecule has 0 aliphatic heterocycles. The average Bonchev–Trinajstić information content (AvgIpc) is 2.40. The van der Waals surface area contributed by atoms with Crippen LogP contribution in [0.25, 0.3) is 0 Å². The molecule has 1 N–H and O–H groups in total. The first-order valence-corrected chi connectivity index (χ1v) is 7.66. The van der Waals surface area contributed by atoms with E-state index in [0.717, 1.165) is 31.4 Å². The molecule has 0 radical (unpaired) electrons. The first-order valence-electron chi connectivity index (χ1n) is 6.08. The van der Waals surface area contributed by atoms with Gasteiger partial charge in [-0.3, -0.25) is 4.98 Å². The van der Waals surface area contributed by atoms with Crippen molar-refractivity contribution >= 4 is 31.9 Å². The van der Waals surface area contributed by atoms with Crippen LogP contribution < -0.4 is 4.74 Å². The van der Waals surface area contributed by atoms with Gasteiger partial charge in [-0.05, 0) is 80.6 Å². The van der Waals surface area contributed by atoms with E-state index in [1.165, 1.54) is 0 Å². The highest BCUT2D eigenvalue weighted by Crippen LogP contribution is 2.33. The number of aliphatic hydroxyl groups excluding tert-OH is 1. The van der Waals surface area contributed by atoms with E-state index in [2.05, 4.69) is 36.8 Å². The molecule has 20 heavy (non-hydrogen) atoms. The predicted molar refractivity (Wildman–Crippen MR) is 86.2 cm³/mol. The lowest BCUT2D eigenvalue weighted by molar-refractivity contribution is 0.213. The Morgan fingerprint density at radius 3 is 2.45 bits per heavy atom. The van der Waals surface area contributed by atoms with Crippen molar-refractivity contribution in [3.05, 3.63) is 55.7 Å². The zero-order valence-corrected chi connectivity index (χ0v) is 14.6. The molecule has 0 amide bonds. The summed E-state index contributed by atoms with van der Waals surface area (Å²) in [5.74, 6) is 0.821. The number of aliphatic hydroxyl groups is 1. The molecule has 1 atom stereocenters. The van der Waals surface area contributed by atoms with Crippen molar-refractivity contribution in [1.82, 2.24) is 4.98 Å². The molecule has 0 spiro atoms. The van der Waals surface area contributed by atoms with Crippen LogP contribution in [0.1, 0.15) is 28.5 Å². The highest BCUT2D eigenvalue weighted by atomic mass is 79.9. The second kappa shape index (κ2) is 6.24. The van der Waals surface area contributed by atoms with Gasteiger partial charge < -0.3 is 9.84 Å². The normalized spacial score (nSPS) is 12.3. The number of methoxy groups -OCH3 is 1. The summed E-state index contributed by atoms with van der Waals surface area (Å²) in [6.07, 6.45) is 0.900. The minimum Gasteiger partial charge on any atom is -0.496 e. The van der Waals surface area contributed by atoms with Gasteiger partial charge in [0.2, 0.25) is 0 Å². The molecule has 1 aromatic heterocycles. The number of ether oxygens (including phenoxy) is 1. The van der Waals surface area contributed by atoms with Crippen molar-refractivity contribution in [2.45, 2.75) is 20.0 Å². The monoisotopic (exact) mass is 399 g/mol. The molecule has 0 bridgehead atoms. The zero-order valence-electron chi connectivity index (χ0n) is 11.4.